The first-order valence-corrected chi connectivity index (χ1v) is 9.49. The SMILES string of the molecule is CCCc1ccc(OCC(=O)N2CCCN(C(=O)c3ccco3)CC2)cc1. The molecule has 1 saturated heterocycles. The number of hydrogen-bond donors (Lipinski definition) is 0. The molecule has 0 atom stereocenters. The molecule has 27 heavy (non-hydrogen) atoms. The number of nitrogens with zero attached hydrogens (tertiary/aromatic N) is 2. The van der Waals surface area contributed by atoms with E-state index in [2.05, 4.69) is 6.92 Å². The van der Waals surface area contributed by atoms with Crippen LogP contribution < -0.4 is 4.74 Å². The summed E-state index contributed by atoms with van der Waals surface area (Å²) in [6.07, 6.45) is 4.38. The fourth-order valence-electron chi connectivity index (χ4n) is 3.20. The topological polar surface area (TPSA) is 63.0 Å². The number of amides is 2. The van der Waals surface area contributed by atoms with E-state index in [1.54, 1.807) is 21.9 Å². The monoisotopic (exact) mass is 370 g/mol. The average Bonchev–Trinajstić information content (AvgIpc) is 3.11. The number of rotatable bonds is 6. The lowest BCUT2D eigenvalue weighted by Gasteiger charge is -2.21. The second kappa shape index (κ2) is 9.26. The van der Waals surface area contributed by atoms with Gasteiger partial charge in [-0.15, -0.1) is 0 Å². The quantitative estimate of drug-likeness (QED) is 0.784. The number of carbonyl (C=O) groups is 2. The van der Waals surface area contributed by atoms with Crippen molar-refractivity contribution in [1.82, 2.24) is 9.80 Å². The molecule has 2 aromatic rings. The molecule has 3 rings (SSSR count). The molecule has 2 heterocycles. The van der Waals surface area contributed by atoms with Gasteiger partial charge in [0.2, 0.25) is 0 Å². The minimum atomic E-state index is -0.127. The van der Waals surface area contributed by atoms with Gasteiger partial charge in [0.15, 0.2) is 12.4 Å². The zero-order valence-corrected chi connectivity index (χ0v) is 15.7. The van der Waals surface area contributed by atoms with Gasteiger partial charge in [-0.05, 0) is 42.7 Å². The molecule has 2 amide bonds. The van der Waals surface area contributed by atoms with Crippen LogP contribution in [-0.4, -0.2) is 54.4 Å². The highest BCUT2D eigenvalue weighted by Crippen LogP contribution is 2.14. The molecular formula is C21H26N2O4. The normalized spacial score (nSPS) is 14.7. The van der Waals surface area contributed by atoms with Crippen LogP contribution in [0.15, 0.2) is 47.1 Å². The van der Waals surface area contributed by atoms with Crippen LogP contribution in [0, 0.1) is 0 Å². The molecule has 1 fully saturated rings. The van der Waals surface area contributed by atoms with Gasteiger partial charge in [0.1, 0.15) is 5.75 Å². The molecule has 0 saturated carbocycles. The minimum Gasteiger partial charge on any atom is -0.484 e. The van der Waals surface area contributed by atoms with E-state index >= 15 is 0 Å². The Kier molecular flexibility index (Phi) is 6.52. The number of hydrogen-bond acceptors (Lipinski definition) is 4. The second-order valence-electron chi connectivity index (χ2n) is 6.69. The number of benzene rings is 1. The number of furan rings is 1. The Morgan fingerprint density at radius 2 is 1.78 bits per heavy atom. The molecule has 1 aromatic carbocycles. The lowest BCUT2D eigenvalue weighted by Crippen LogP contribution is -2.39. The predicted molar refractivity (Wildman–Crippen MR) is 102 cm³/mol. The summed E-state index contributed by atoms with van der Waals surface area (Å²) < 4.78 is 10.8. The number of ether oxygens (including phenoxy) is 1. The van der Waals surface area contributed by atoms with Gasteiger partial charge >= 0.3 is 0 Å². The Balaban J connectivity index is 1.48. The summed E-state index contributed by atoms with van der Waals surface area (Å²) in [7, 11) is 0. The first kappa shape index (κ1) is 19.0. The third kappa shape index (κ3) is 5.12. The van der Waals surface area contributed by atoms with Gasteiger partial charge in [0, 0.05) is 26.2 Å². The lowest BCUT2D eigenvalue weighted by molar-refractivity contribution is -0.133. The van der Waals surface area contributed by atoms with Crippen molar-refractivity contribution in [3.63, 3.8) is 0 Å². The third-order valence-electron chi connectivity index (χ3n) is 4.69. The van der Waals surface area contributed by atoms with E-state index in [0.717, 1.165) is 19.3 Å². The summed E-state index contributed by atoms with van der Waals surface area (Å²) in [6.45, 7) is 4.40. The summed E-state index contributed by atoms with van der Waals surface area (Å²) in [5.41, 5.74) is 1.27. The maximum Gasteiger partial charge on any atom is 0.289 e. The van der Waals surface area contributed by atoms with Gasteiger partial charge in [0.25, 0.3) is 11.8 Å². The standard InChI is InChI=1S/C21H26N2O4/c1-2-5-17-7-9-18(10-8-17)27-16-20(24)22-11-4-12-23(14-13-22)21(25)19-6-3-15-26-19/h3,6-10,15H,2,4-5,11-14,16H2,1H3. The van der Waals surface area contributed by atoms with Gasteiger partial charge in [-0.25, -0.2) is 0 Å². The molecule has 0 N–H and O–H groups in total. The van der Waals surface area contributed by atoms with E-state index in [1.165, 1.54) is 11.8 Å². The van der Waals surface area contributed by atoms with Gasteiger partial charge in [0.05, 0.1) is 6.26 Å². The molecule has 0 spiro atoms. The molecule has 0 radical (unpaired) electrons. The van der Waals surface area contributed by atoms with Crippen LogP contribution in [0.5, 0.6) is 5.75 Å². The summed E-state index contributed by atoms with van der Waals surface area (Å²) >= 11 is 0. The third-order valence-corrected chi connectivity index (χ3v) is 4.69. The van der Waals surface area contributed by atoms with E-state index in [4.69, 9.17) is 9.15 Å². The van der Waals surface area contributed by atoms with Crippen LogP contribution in [-0.2, 0) is 11.2 Å². The molecule has 1 aliphatic rings. The second-order valence-corrected chi connectivity index (χ2v) is 6.69. The van der Waals surface area contributed by atoms with Crippen molar-refractivity contribution in [2.24, 2.45) is 0 Å². The lowest BCUT2D eigenvalue weighted by atomic mass is 10.1. The molecule has 144 valence electrons. The van der Waals surface area contributed by atoms with Crippen molar-refractivity contribution in [3.05, 3.63) is 54.0 Å². The fourth-order valence-corrected chi connectivity index (χ4v) is 3.20. The largest absolute Gasteiger partial charge is 0.484 e. The average molecular weight is 370 g/mol. The smallest absolute Gasteiger partial charge is 0.289 e. The highest BCUT2D eigenvalue weighted by atomic mass is 16.5. The zero-order chi connectivity index (χ0) is 19.1. The zero-order valence-electron chi connectivity index (χ0n) is 15.7. The van der Waals surface area contributed by atoms with Crippen molar-refractivity contribution in [1.29, 1.82) is 0 Å². The Labute approximate surface area is 159 Å². The molecule has 0 aliphatic carbocycles. The first-order chi connectivity index (χ1) is 13.2. The van der Waals surface area contributed by atoms with Crippen molar-refractivity contribution >= 4 is 11.8 Å². The summed E-state index contributed by atoms with van der Waals surface area (Å²) in [6, 6.07) is 11.2. The maximum atomic E-state index is 12.5. The number of aryl methyl sites for hydroxylation is 1. The van der Waals surface area contributed by atoms with E-state index in [9.17, 15) is 9.59 Å². The van der Waals surface area contributed by atoms with Crippen molar-refractivity contribution in [2.75, 3.05) is 32.8 Å². The Bertz CT molecular complexity index is 740. The summed E-state index contributed by atoms with van der Waals surface area (Å²) in [5.74, 6) is 0.856. The van der Waals surface area contributed by atoms with E-state index < -0.39 is 0 Å². The maximum absolute atomic E-state index is 12.5. The molecule has 0 unspecified atom stereocenters. The fraction of sp³-hybridized carbons (Fsp3) is 0.429. The molecule has 6 nitrogen and oxygen atoms in total. The van der Waals surface area contributed by atoms with Crippen LogP contribution in [0.2, 0.25) is 0 Å². The van der Waals surface area contributed by atoms with Gasteiger partial charge < -0.3 is 19.0 Å². The number of carbonyl (C=O) groups excluding carboxylic acids is 2. The van der Waals surface area contributed by atoms with Gasteiger partial charge in [-0.3, -0.25) is 9.59 Å². The van der Waals surface area contributed by atoms with Gasteiger partial charge in [-0.1, -0.05) is 25.5 Å². The molecular weight excluding hydrogens is 344 g/mol. The Morgan fingerprint density at radius 1 is 1.04 bits per heavy atom. The molecule has 0 bridgehead atoms. The summed E-state index contributed by atoms with van der Waals surface area (Å²) in [5, 5.41) is 0. The van der Waals surface area contributed by atoms with Crippen LogP contribution >= 0.6 is 0 Å². The Hall–Kier alpha value is -2.76. The van der Waals surface area contributed by atoms with Crippen molar-refractivity contribution < 1.29 is 18.7 Å². The van der Waals surface area contributed by atoms with Crippen molar-refractivity contribution in [3.8, 4) is 5.75 Å². The highest BCUT2D eigenvalue weighted by Gasteiger charge is 2.24. The minimum absolute atomic E-state index is 0.0131. The van der Waals surface area contributed by atoms with Crippen LogP contribution in [0.3, 0.4) is 0 Å². The predicted octanol–water partition coefficient (Wildman–Crippen LogP) is 2.99. The van der Waals surface area contributed by atoms with E-state index in [-0.39, 0.29) is 18.4 Å². The van der Waals surface area contributed by atoms with E-state index in [1.807, 2.05) is 24.3 Å². The van der Waals surface area contributed by atoms with Crippen LogP contribution in [0.25, 0.3) is 0 Å². The summed E-state index contributed by atoms with van der Waals surface area (Å²) in [4.78, 5) is 28.4. The molecule has 6 heteroatoms. The van der Waals surface area contributed by atoms with E-state index in [0.29, 0.717) is 37.7 Å². The van der Waals surface area contributed by atoms with Crippen LogP contribution in [0.1, 0.15) is 35.9 Å². The molecule has 1 aromatic heterocycles. The van der Waals surface area contributed by atoms with Crippen molar-refractivity contribution in [2.45, 2.75) is 26.2 Å². The molecule has 1 aliphatic heterocycles. The van der Waals surface area contributed by atoms with Crippen LogP contribution in [0.4, 0.5) is 0 Å². The van der Waals surface area contributed by atoms with Gasteiger partial charge in [-0.2, -0.15) is 0 Å². The Morgan fingerprint density at radius 3 is 2.48 bits per heavy atom. The highest BCUT2D eigenvalue weighted by molar-refractivity contribution is 5.91. The first-order valence-electron chi connectivity index (χ1n) is 9.49.